The lowest BCUT2D eigenvalue weighted by atomic mass is 10.0. The van der Waals surface area contributed by atoms with E-state index in [0.717, 1.165) is 109 Å². The van der Waals surface area contributed by atoms with Gasteiger partial charge in [0.15, 0.2) is 6.10 Å². The second kappa shape index (κ2) is 67.4. The minimum absolute atomic E-state index is 0.0837. The van der Waals surface area contributed by atoms with Gasteiger partial charge in [0.1, 0.15) is 13.2 Å². The Morgan fingerprint density at radius 2 is 0.494 bits per heavy atom. The number of ether oxygens (including phenoxy) is 3. The number of esters is 3. The molecule has 0 fully saturated rings. The molecule has 1 atom stereocenters. The highest BCUT2D eigenvalue weighted by atomic mass is 16.6. The van der Waals surface area contributed by atoms with Gasteiger partial charge in [0.25, 0.3) is 0 Å². The molecule has 0 heterocycles. The Labute approximate surface area is 491 Å². The Morgan fingerprint density at radius 1 is 0.266 bits per heavy atom. The molecule has 79 heavy (non-hydrogen) atoms. The van der Waals surface area contributed by atoms with Crippen molar-refractivity contribution >= 4 is 17.9 Å². The second-order valence-corrected chi connectivity index (χ2v) is 23.1. The molecule has 0 saturated heterocycles. The molecule has 0 radical (unpaired) electrons. The van der Waals surface area contributed by atoms with Crippen molar-refractivity contribution in [1.29, 1.82) is 0 Å². The lowest BCUT2D eigenvalue weighted by Gasteiger charge is -2.18. The van der Waals surface area contributed by atoms with Crippen molar-refractivity contribution in [2.75, 3.05) is 13.2 Å². The average Bonchev–Trinajstić information content (AvgIpc) is 3.45. The smallest absolute Gasteiger partial charge is 0.306 e. The van der Waals surface area contributed by atoms with Gasteiger partial charge in [-0.15, -0.1) is 0 Å². The van der Waals surface area contributed by atoms with Gasteiger partial charge in [0.2, 0.25) is 0 Å². The van der Waals surface area contributed by atoms with Gasteiger partial charge in [0, 0.05) is 19.3 Å². The van der Waals surface area contributed by atoms with E-state index < -0.39 is 6.10 Å². The van der Waals surface area contributed by atoms with Gasteiger partial charge in [-0.2, -0.15) is 0 Å². The fourth-order valence-corrected chi connectivity index (χ4v) is 10.1. The summed E-state index contributed by atoms with van der Waals surface area (Å²) in [6.07, 6.45) is 87.8. The summed E-state index contributed by atoms with van der Waals surface area (Å²) >= 11 is 0. The first kappa shape index (κ1) is 75.8. The maximum Gasteiger partial charge on any atom is 0.306 e. The van der Waals surface area contributed by atoms with Crippen LogP contribution in [-0.4, -0.2) is 37.2 Å². The first-order valence-corrected chi connectivity index (χ1v) is 34.4. The highest BCUT2D eigenvalue weighted by molar-refractivity contribution is 5.71. The number of rotatable bonds is 63. The minimum atomic E-state index is -0.791. The quantitative estimate of drug-likeness (QED) is 0.0261. The third-order valence-electron chi connectivity index (χ3n) is 15.2. The van der Waals surface area contributed by atoms with Gasteiger partial charge < -0.3 is 14.2 Å². The maximum absolute atomic E-state index is 12.9. The van der Waals surface area contributed by atoms with Crippen molar-refractivity contribution in [3.05, 3.63) is 72.9 Å². The molecule has 0 rings (SSSR count). The highest BCUT2D eigenvalue weighted by Gasteiger charge is 2.19. The molecule has 6 heteroatoms. The Morgan fingerprint density at radius 3 is 0.785 bits per heavy atom. The molecule has 6 nitrogen and oxygen atoms in total. The van der Waals surface area contributed by atoms with Crippen LogP contribution in [0.5, 0.6) is 0 Å². The van der Waals surface area contributed by atoms with Crippen LogP contribution in [0.4, 0.5) is 0 Å². The summed E-state index contributed by atoms with van der Waals surface area (Å²) in [5, 5.41) is 0. The minimum Gasteiger partial charge on any atom is -0.462 e. The van der Waals surface area contributed by atoms with Crippen LogP contribution in [0.25, 0.3) is 0 Å². The number of carbonyl (C=O) groups is 3. The summed E-state index contributed by atoms with van der Waals surface area (Å²) < 4.78 is 17.0. The van der Waals surface area contributed by atoms with Crippen molar-refractivity contribution in [1.82, 2.24) is 0 Å². The third-order valence-corrected chi connectivity index (χ3v) is 15.2. The third kappa shape index (κ3) is 65.5. The van der Waals surface area contributed by atoms with Crippen LogP contribution in [0.15, 0.2) is 72.9 Å². The molecule has 0 amide bonds. The molecule has 0 bridgehead atoms. The van der Waals surface area contributed by atoms with Crippen LogP contribution in [0.2, 0.25) is 0 Å². The Bertz CT molecular complexity index is 1450. The van der Waals surface area contributed by atoms with E-state index in [1.807, 2.05) is 0 Å². The average molecular weight is 1100 g/mol. The highest BCUT2D eigenvalue weighted by Crippen LogP contribution is 2.18. The SMILES string of the molecule is CC/C=C\C/C=C\C/C=C\C/C=C\CCCCCCC(=O)OCC(COC(=O)CCCCCCCCCCCCCCCCCCCCCCCCCCCC)OC(=O)CCCCCCCCC/C=C\C/C=C\CCCCCC. The Hall–Kier alpha value is -3.15. The van der Waals surface area contributed by atoms with E-state index in [9.17, 15) is 14.4 Å². The van der Waals surface area contributed by atoms with E-state index in [4.69, 9.17) is 14.2 Å². The van der Waals surface area contributed by atoms with Crippen LogP contribution in [0.3, 0.4) is 0 Å². The fraction of sp³-hybridized carbons (Fsp3) is 0.795. The standard InChI is InChI=1S/C73H130O6/c1-4-7-10-13-16-19-22-25-28-31-33-34-35-36-37-38-39-40-43-45-48-51-54-57-60-63-66-72(75)78-69-70(68-77-71(74)65-62-59-56-53-50-47-44-41-30-27-24-21-18-15-12-9-6-3)79-73(76)67-64-61-58-55-52-49-46-42-32-29-26-23-20-17-14-11-8-5-2/h9,12,18,20-21,23,27,29-30,32,44,47,70H,4-8,10-11,13-17,19,22,24-26,28,31,33-43,45-46,48-69H2,1-3H3/b12-9-,21-18-,23-20-,30-27-,32-29-,47-44-. The summed E-state index contributed by atoms with van der Waals surface area (Å²) in [6, 6.07) is 0. The lowest BCUT2D eigenvalue weighted by molar-refractivity contribution is -0.167. The largest absolute Gasteiger partial charge is 0.462 e. The predicted octanol–water partition coefficient (Wildman–Crippen LogP) is 23.7. The van der Waals surface area contributed by atoms with Crippen molar-refractivity contribution in [3.8, 4) is 0 Å². The second-order valence-electron chi connectivity index (χ2n) is 23.1. The molecule has 0 aromatic heterocycles. The van der Waals surface area contributed by atoms with Crippen LogP contribution >= 0.6 is 0 Å². The maximum atomic E-state index is 12.9. The van der Waals surface area contributed by atoms with E-state index in [1.54, 1.807) is 0 Å². The zero-order valence-corrected chi connectivity index (χ0v) is 52.6. The number of unbranched alkanes of at least 4 members (excludes halogenated alkanes) is 40. The van der Waals surface area contributed by atoms with Crippen LogP contribution in [0, 0.1) is 0 Å². The molecule has 0 aliphatic heterocycles. The molecule has 0 saturated carbocycles. The Balaban J connectivity index is 4.31. The molecule has 0 spiro atoms. The summed E-state index contributed by atoms with van der Waals surface area (Å²) in [5.41, 5.74) is 0. The van der Waals surface area contributed by atoms with Gasteiger partial charge in [-0.05, 0) is 89.9 Å². The van der Waals surface area contributed by atoms with E-state index in [0.29, 0.717) is 19.3 Å². The zero-order valence-electron chi connectivity index (χ0n) is 52.6. The van der Waals surface area contributed by atoms with Gasteiger partial charge in [0.05, 0.1) is 0 Å². The first-order chi connectivity index (χ1) is 39.0. The van der Waals surface area contributed by atoms with E-state index >= 15 is 0 Å². The van der Waals surface area contributed by atoms with E-state index in [1.165, 1.54) is 205 Å². The van der Waals surface area contributed by atoms with Gasteiger partial charge in [-0.1, -0.05) is 318 Å². The monoisotopic (exact) mass is 1100 g/mol. The first-order valence-electron chi connectivity index (χ1n) is 34.4. The van der Waals surface area contributed by atoms with Crippen molar-refractivity contribution in [3.63, 3.8) is 0 Å². The van der Waals surface area contributed by atoms with Crippen molar-refractivity contribution in [2.24, 2.45) is 0 Å². The summed E-state index contributed by atoms with van der Waals surface area (Å²) in [6.45, 7) is 6.54. The molecule has 0 aliphatic carbocycles. The summed E-state index contributed by atoms with van der Waals surface area (Å²) in [7, 11) is 0. The van der Waals surface area contributed by atoms with E-state index in [2.05, 4.69) is 93.7 Å². The Kier molecular flexibility index (Phi) is 64.7. The molecule has 1 unspecified atom stereocenters. The number of carbonyl (C=O) groups excluding carboxylic acids is 3. The lowest BCUT2D eigenvalue weighted by Crippen LogP contribution is -2.30. The van der Waals surface area contributed by atoms with Crippen LogP contribution in [-0.2, 0) is 28.6 Å². The van der Waals surface area contributed by atoms with Gasteiger partial charge in [-0.25, -0.2) is 0 Å². The van der Waals surface area contributed by atoms with Crippen LogP contribution in [0.1, 0.15) is 355 Å². The summed E-state index contributed by atoms with van der Waals surface area (Å²) in [4.78, 5) is 38.4. The number of hydrogen-bond donors (Lipinski definition) is 0. The number of hydrogen-bond acceptors (Lipinski definition) is 6. The molecule has 0 N–H and O–H groups in total. The van der Waals surface area contributed by atoms with E-state index in [-0.39, 0.29) is 31.1 Å². The van der Waals surface area contributed by atoms with Crippen molar-refractivity contribution in [2.45, 2.75) is 361 Å². The summed E-state index contributed by atoms with van der Waals surface area (Å²) in [5.74, 6) is -0.897. The topological polar surface area (TPSA) is 78.9 Å². The fourth-order valence-electron chi connectivity index (χ4n) is 10.1. The van der Waals surface area contributed by atoms with Gasteiger partial charge in [-0.3, -0.25) is 14.4 Å². The number of allylic oxidation sites excluding steroid dienone is 12. The normalized spacial score (nSPS) is 12.5. The molecular formula is C73H130O6. The molecule has 0 aromatic rings. The molecule has 458 valence electrons. The van der Waals surface area contributed by atoms with Gasteiger partial charge >= 0.3 is 17.9 Å². The zero-order chi connectivity index (χ0) is 57.1. The van der Waals surface area contributed by atoms with Crippen molar-refractivity contribution < 1.29 is 28.6 Å². The predicted molar refractivity (Wildman–Crippen MR) is 344 cm³/mol. The molecule has 0 aromatic carbocycles. The van der Waals surface area contributed by atoms with Crippen LogP contribution < -0.4 is 0 Å². The molecule has 0 aliphatic rings. The molecular weight excluding hydrogens is 973 g/mol.